The van der Waals surface area contributed by atoms with Crippen LogP contribution in [0.3, 0.4) is 0 Å². The largest absolute Gasteiger partial charge is 0.226 e. The lowest BCUT2D eigenvalue weighted by atomic mass is 9.68. The van der Waals surface area contributed by atoms with E-state index < -0.39 is 0 Å². The molecule has 1 aliphatic rings. The summed E-state index contributed by atoms with van der Waals surface area (Å²) in [4.78, 5) is 14.2. The van der Waals surface area contributed by atoms with E-state index in [1.807, 2.05) is 0 Å². The van der Waals surface area contributed by atoms with Crippen molar-refractivity contribution >= 4 is 93.6 Å². The van der Waals surface area contributed by atoms with Crippen molar-refractivity contribution in [2.75, 3.05) is 0 Å². The Labute approximate surface area is 303 Å². The van der Waals surface area contributed by atoms with Crippen LogP contribution in [0.15, 0.2) is 146 Å². The van der Waals surface area contributed by atoms with E-state index in [1.54, 1.807) is 11.3 Å². The average molecular weight is 685 g/mol. The van der Waals surface area contributed by atoms with Crippen molar-refractivity contribution in [1.29, 1.82) is 0 Å². The molecule has 235 valence electrons. The number of benzene rings is 8. The molecule has 0 unspecified atom stereocenters. The number of rotatable bonds is 3. The molecule has 3 heterocycles. The van der Waals surface area contributed by atoms with Crippen LogP contribution < -0.4 is 10.9 Å². The van der Waals surface area contributed by atoms with Gasteiger partial charge in [0.15, 0.2) is 18.9 Å². The van der Waals surface area contributed by atoms with Crippen LogP contribution in [0.4, 0.5) is 0 Å². The van der Waals surface area contributed by atoms with E-state index in [0.717, 1.165) is 16.5 Å². The quantitative estimate of drug-likeness (QED) is 0.137. The molecule has 0 bridgehead atoms. The van der Waals surface area contributed by atoms with Crippen LogP contribution in [0, 0.1) is 0 Å². The number of thiophene rings is 1. The van der Waals surface area contributed by atoms with Crippen LogP contribution in [-0.2, 0) is 0 Å². The van der Waals surface area contributed by atoms with Gasteiger partial charge in [-0.2, -0.15) is 9.97 Å². The van der Waals surface area contributed by atoms with Gasteiger partial charge in [-0.3, -0.25) is 0 Å². The summed E-state index contributed by atoms with van der Waals surface area (Å²) in [5, 5.41) is 9.83. The Morgan fingerprint density at radius 3 is 1.59 bits per heavy atom. The van der Waals surface area contributed by atoms with Crippen LogP contribution in [0.2, 0.25) is 5.28 Å². The molecule has 3 nitrogen and oxygen atoms in total. The Hall–Kier alpha value is -5.88. The highest BCUT2D eigenvalue weighted by Crippen LogP contribution is 2.40. The lowest BCUT2D eigenvalue weighted by molar-refractivity contribution is 1.07. The third-order valence-electron chi connectivity index (χ3n) is 10.3. The summed E-state index contributed by atoms with van der Waals surface area (Å²) in [5.74, 6) is 1.11. The minimum Gasteiger partial charge on any atom is -0.208 e. The number of aromatic nitrogens is 3. The van der Waals surface area contributed by atoms with Crippen LogP contribution in [0.1, 0.15) is 0 Å². The zero-order chi connectivity index (χ0) is 33.6. The van der Waals surface area contributed by atoms with E-state index in [1.165, 1.54) is 80.3 Å². The van der Waals surface area contributed by atoms with Gasteiger partial charge in [-0.15, -0.1) is 11.3 Å². The molecule has 0 atom stereocenters. The smallest absolute Gasteiger partial charge is 0.208 e. The van der Waals surface area contributed by atoms with E-state index in [-0.39, 0.29) is 5.28 Å². The molecular weight excluding hydrogens is 661 g/mol. The van der Waals surface area contributed by atoms with Crippen LogP contribution >= 0.6 is 22.9 Å². The average Bonchev–Trinajstić information content (AvgIpc) is 3.75. The van der Waals surface area contributed by atoms with Gasteiger partial charge in [0, 0.05) is 31.3 Å². The second-order valence-electron chi connectivity index (χ2n) is 13.2. The summed E-state index contributed by atoms with van der Waals surface area (Å²) in [6, 6.07) is 52.3. The SMILES string of the molecule is Clc1nc(-c2ccc3sc4ccc(-c5ccc6c(c5)-c5ccccc5[B]6)cc4c3c2)nc(-c2ccc3c4ccccc4c4ccccc4c3c2)n1. The fourth-order valence-electron chi connectivity index (χ4n) is 7.88. The van der Waals surface area contributed by atoms with Crippen LogP contribution in [0.5, 0.6) is 0 Å². The van der Waals surface area contributed by atoms with Crippen LogP contribution in [-0.4, -0.2) is 22.2 Å². The first-order valence-electron chi connectivity index (χ1n) is 17.0. The molecule has 0 aliphatic carbocycles. The zero-order valence-electron chi connectivity index (χ0n) is 27.1. The molecule has 8 aromatic carbocycles. The molecule has 0 saturated carbocycles. The fourth-order valence-corrected chi connectivity index (χ4v) is 9.11. The Balaban J connectivity index is 1.02. The highest BCUT2D eigenvalue weighted by molar-refractivity contribution is 7.25. The lowest BCUT2D eigenvalue weighted by Gasteiger charge is -2.12. The van der Waals surface area contributed by atoms with E-state index in [2.05, 4.69) is 163 Å². The maximum atomic E-state index is 6.63. The Bertz CT molecular complexity index is 3060. The topological polar surface area (TPSA) is 38.7 Å². The van der Waals surface area contributed by atoms with Gasteiger partial charge in [0.05, 0.1) is 0 Å². The first-order chi connectivity index (χ1) is 25.1. The normalized spacial score (nSPS) is 12.2. The number of fused-ring (bicyclic) bond motifs is 12. The second kappa shape index (κ2) is 11.1. The summed E-state index contributed by atoms with van der Waals surface area (Å²) in [6.45, 7) is 0. The van der Waals surface area contributed by atoms with Crippen molar-refractivity contribution < 1.29 is 0 Å². The predicted molar refractivity (Wildman–Crippen MR) is 217 cm³/mol. The van der Waals surface area contributed by atoms with Crippen molar-refractivity contribution in [3.63, 3.8) is 0 Å². The van der Waals surface area contributed by atoms with Gasteiger partial charge in [-0.25, -0.2) is 4.98 Å². The highest BCUT2D eigenvalue weighted by atomic mass is 35.5. The van der Waals surface area contributed by atoms with E-state index in [4.69, 9.17) is 16.6 Å². The number of hydrogen-bond donors (Lipinski definition) is 0. The van der Waals surface area contributed by atoms with Gasteiger partial charge < -0.3 is 0 Å². The minimum absolute atomic E-state index is 0.173. The molecule has 2 aromatic heterocycles. The molecule has 1 radical (unpaired) electrons. The standard InChI is InChI=1S/C45H24BClN3S/c47-45-49-43(27-13-17-33-31-9-2-1-7-29(31)30-8-3-4-10-32(30)35(33)23-27)48-44(50-45)28-16-20-42-38(24-28)37-22-26(15-19-41(37)51-42)25-14-18-40-36(21-25)34-11-5-6-12-39(34)46-40/h1-24H. The van der Waals surface area contributed by atoms with Crippen molar-refractivity contribution in [2.45, 2.75) is 0 Å². The molecule has 0 N–H and O–H groups in total. The summed E-state index contributed by atoms with van der Waals surface area (Å²) in [6.07, 6.45) is 0. The van der Waals surface area contributed by atoms with Crippen molar-refractivity contribution in [2.24, 2.45) is 0 Å². The third kappa shape index (κ3) is 4.55. The van der Waals surface area contributed by atoms with Crippen molar-refractivity contribution in [3.8, 4) is 45.0 Å². The maximum Gasteiger partial charge on any atom is 0.226 e. The minimum atomic E-state index is 0.173. The Kier molecular flexibility index (Phi) is 6.27. The molecule has 6 heteroatoms. The summed E-state index contributed by atoms with van der Waals surface area (Å²) in [5.41, 5.74) is 9.34. The molecule has 0 fully saturated rings. The van der Waals surface area contributed by atoms with E-state index in [9.17, 15) is 0 Å². The molecule has 11 rings (SSSR count). The summed E-state index contributed by atoms with van der Waals surface area (Å²) in [7, 11) is 2.27. The third-order valence-corrected chi connectivity index (χ3v) is 11.6. The number of halogens is 1. The second-order valence-corrected chi connectivity index (χ2v) is 14.6. The molecular formula is C45H24BClN3S. The summed E-state index contributed by atoms with van der Waals surface area (Å²) < 4.78 is 2.47. The first kappa shape index (κ1) is 28.9. The molecule has 1 aliphatic heterocycles. The number of hydrogen-bond acceptors (Lipinski definition) is 4. The van der Waals surface area contributed by atoms with Gasteiger partial charge in [-0.05, 0) is 109 Å². The van der Waals surface area contributed by atoms with Gasteiger partial charge in [-0.1, -0.05) is 114 Å². The number of nitrogens with zero attached hydrogens (tertiary/aromatic N) is 3. The maximum absolute atomic E-state index is 6.63. The lowest BCUT2D eigenvalue weighted by Crippen LogP contribution is -2.20. The van der Waals surface area contributed by atoms with E-state index in [0.29, 0.717) is 11.6 Å². The van der Waals surface area contributed by atoms with Crippen LogP contribution in [0.25, 0.3) is 97.5 Å². The molecule has 51 heavy (non-hydrogen) atoms. The van der Waals surface area contributed by atoms with Gasteiger partial charge in [0.2, 0.25) is 5.28 Å². The highest BCUT2D eigenvalue weighted by Gasteiger charge is 2.20. The molecule has 0 spiro atoms. The Morgan fingerprint density at radius 1 is 0.392 bits per heavy atom. The zero-order valence-corrected chi connectivity index (χ0v) is 28.6. The molecule has 0 saturated heterocycles. The van der Waals surface area contributed by atoms with Crippen molar-refractivity contribution in [1.82, 2.24) is 15.0 Å². The fraction of sp³-hybridized carbons (Fsp3) is 0. The first-order valence-corrected chi connectivity index (χ1v) is 18.1. The Morgan fingerprint density at radius 2 is 0.882 bits per heavy atom. The summed E-state index contributed by atoms with van der Waals surface area (Å²) >= 11 is 8.43. The van der Waals surface area contributed by atoms with Gasteiger partial charge >= 0.3 is 0 Å². The molecule has 10 aromatic rings. The van der Waals surface area contributed by atoms with Gasteiger partial charge in [0.1, 0.15) is 0 Å². The van der Waals surface area contributed by atoms with Crippen molar-refractivity contribution in [3.05, 3.63) is 151 Å². The van der Waals surface area contributed by atoms with E-state index >= 15 is 0 Å². The molecule has 0 amide bonds. The monoisotopic (exact) mass is 684 g/mol. The predicted octanol–water partition coefficient (Wildman–Crippen LogP) is 11.0. The van der Waals surface area contributed by atoms with Gasteiger partial charge in [0.25, 0.3) is 0 Å².